The third kappa shape index (κ3) is 4.66. The van der Waals surface area contributed by atoms with Crippen molar-refractivity contribution in [1.29, 1.82) is 0 Å². The molecule has 0 aliphatic carbocycles. The molecule has 0 aliphatic rings. The van der Waals surface area contributed by atoms with Gasteiger partial charge in [0.25, 0.3) is 5.91 Å². The van der Waals surface area contributed by atoms with Crippen molar-refractivity contribution in [2.75, 3.05) is 6.61 Å². The fourth-order valence-electron chi connectivity index (χ4n) is 1.52. The third-order valence-corrected chi connectivity index (χ3v) is 2.77. The van der Waals surface area contributed by atoms with Crippen LogP contribution in [0.5, 0.6) is 5.75 Å². The molecule has 1 aromatic rings. The Labute approximate surface area is 116 Å². The van der Waals surface area contributed by atoms with Gasteiger partial charge in [-0.1, -0.05) is 22.0 Å². The zero-order chi connectivity index (χ0) is 13.7. The van der Waals surface area contributed by atoms with Gasteiger partial charge in [-0.15, -0.1) is 0 Å². The van der Waals surface area contributed by atoms with Crippen molar-refractivity contribution in [1.82, 2.24) is 5.32 Å². The van der Waals surface area contributed by atoms with Crippen LogP contribution >= 0.6 is 15.9 Å². The predicted molar refractivity (Wildman–Crippen MR) is 75.5 cm³/mol. The molecule has 1 rings (SSSR count). The summed E-state index contributed by atoms with van der Waals surface area (Å²) in [6.07, 6.45) is 0. The summed E-state index contributed by atoms with van der Waals surface area (Å²) < 4.78 is 6.41. The lowest BCUT2D eigenvalue weighted by Crippen LogP contribution is -2.34. The van der Waals surface area contributed by atoms with Crippen molar-refractivity contribution in [2.24, 2.45) is 5.73 Å². The van der Waals surface area contributed by atoms with Gasteiger partial charge in [-0.3, -0.25) is 4.79 Å². The smallest absolute Gasteiger partial charge is 0.258 e. The SMILES string of the molecule is CC(C)NC(=O)COc1cc(Br)ccc1C(C)N. The molecule has 0 saturated carbocycles. The molecule has 4 nitrogen and oxygen atoms in total. The Bertz CT molecular complexity index is 419. The number of ether oxygens (including phenoxy) is 1. The lowest BCUT2D eigenvalue weighted by atomic mass is 10.1. The van der Waals surface area contributed by atoms with Crippen LogP contribution in [0, 0.1) is 0 Å². The van der Waals surface area contributed by atoms with Crippen molar-refractivity contribution in [3.63, 3.8) is 0 Å². The van der Waals surface area contributed by atoms with Crippen LogP contribution in [-0.2, 0) is 4.79 Å². The minimum Gasteiger partial charge on any atom is -0.483 e. The second-order valence-electron chi connectivity index (χ2n) is 4.48. The lowest BCUT2D eigenvalue weighted by molar-refractivity contribution is -0.123. The van der Waals surface area contributed by atoms with E-state index >= 15 is 0 Å². The molecule has 1 aromatic carbocycles. The molecule has 1 amide bonds. The monoisotopic (exact) mass is 314 g/mol. The first-order chi connectivity index (χ1) is 8.40. The van der Waals surface area contributed by atoms with Gasteiger partial charge in [0.05, 0.1) is 0 Å². The van der Waals surface area contributed by atoms with Crippen molar-refractivity contribution < 1.29 is 9.53 Å². The standard InChI is InChI=1S/C13H19BrN2O2/c1-8(2)16-13(17)7-18-12-6-10(14)4-5-11(12)9(3)15/h4-6,8-9H,7,15H2,1-3H3,(H,16,17). The normalized spacial score (nSPS) is 12.3. The average Bonchev–Trinajstić information content (AvgIpc) is 2.25. The molecule has 0 heterocycles. The van der Waals surface area contributed by atoms with Crippen molar-refractivity contribution in [2.45, 2.75) is 32.9 Å². The van der Waals surface area contributed by atoms with Crippen LogP contribution in [0.15, 0.2) is 22.7 Å². The van der Waals surface area contributed by atoms with E-state index in [0.29, 0.717) is 5.75 Å². The number of hydrogen-bond donors (Lipinski definition) is 2. The molecule has 0 bridgehead atoms. The summed E-state index contributed by atoms with van der Waals surface area (Å²) in [6.45, 7) is 5.69. The van der Waals surface area contributed by atoms with Crippen LogP contribution in [0.3, 0.4) is 0 Å². The van der Waals surface area contributed by atoms with Gasteiger partial charge in [0.1, 0.15) is 5.75 Å². The summed E-state index contributed by atoms with van der Waals surface area (Å²) in [7, 11) is 0. The molecule has 5 heteroatoms. The van der Waals surface area contributed by atoms with E-state index in [0.717, 1.165) is 10.0 Å². The van der Waals surface area contributed by atoms with E-state index in [2.05, 4.69) is 21.2 Å². The zero-order valence-corrected chi connectivity index (χ0v) is 12.5. The number of hydrogen-bond acceptors (Lipinski definition) is 3. The first-order valence-electron chi connectivity index (χ1n) is 5.87. The van der Waals surface area contributed by atoms with Crippen molar-refractivity contribution in [3.05, 3.63) is 28.2 Å². The minimum absolute atomic E-state index is 0.00560. The molecule has 0 saturated heterocycles. The van der Waals surface area contributed by atoms with Gasteiger partial charge in [0.15, 0.2) is 6.61 Å². The molecule has 3 N–H and O–H groups in total. The Balaban J connectivity index is 2.71. The number of rotatable bonds is 5. The summed E-state index contributed by atoms with van der Waals surface area (Å²) in [5.74, 6) is 0.499. The topological polar surface area (TPSA) is 64.3 Å². The first-order valence-corrected chi connectivity index (χ1v) is 6.66. The number of benzene rings is 1. The highest BCUT2D eigenvalue weighted by Crippen LogP contribution is 2.27. The second-order valence-corrected chi connectivity index (χ2v) is 5.40. The molecule has 0 spiro atoms. The summed E-state index contributed by atoms with van der Waals surface area (Å²) in [5, 5.41) is 2.77. The van der Waals surface area contributed by atoms with E-state index in [1.54, 1.807) is 0 Å². The van der Waals surface area contributed by atoms with E-state index in [9.17, 15) is 4.79 Å². The number of nitrogens with one attached hydrogen (secondary N) is 1. The van der Waals surface area contributed by atoms with Gasteiger partial charge in [0, 0.05) is 22.1 Å². The number of halogens is 1. The molecule has 0 radical (unpaired) electrons. The highest BCUT2D eigenvalue weighted by Gasteiger charge is 2.11. The van der Waals surface area contributed by atoms with Gasteiger partial charge in [-0.2, -0.15) is 0 Å². The summed E-state index contributed by atoms with van der Waals surface area (Å²) >= 11 is 3.37. The highest BCUT2D eigenvalue weighted by atomic mass is 79.9. The summed E-state index contributed by atoms with van der Waals surface area (Å²) in [4.78, 5) is 11.5. The highest BCUT2D eigenvalue weighted by molar-refractivity contribution is 9.10. The van der Waals surface area contributed by atoms with Crippen molar-refractivity contribution >= 4 is 21.8 Å². The van der Waals surface area contributed by atoms with Gasteiger partial charge in [-0.25, -0.2) is 0 Å². The van der Waals surface area contributed by atoms with Crippen LogP contribution in [0.1, 0.15) is 32.4 Å². The maximum atomic E-state index is 11.5. The molecular weight excluding hydrogens is 296 g/mol. The van der Waals surface area contributed by atoms with E-state index in [4.69, 9.17) is 10.5 Å². The van der Waals surface area contributed by atoms with Gasteiger partial charge in [0.2, 0.25) is 0 Å². The maximum Gasteiger partial charge on any atom is 0.258 e. The van der Waals surface area contributed by atoms with Crippen molar-refractivity contribution in [3.8, 4) is 5.75 Å². The maximum absolute atomic E-state index is 11.5. The third-order valence-electron chi connectivity index (χ3n) is 2.27. The van der Waals surface area contributed by atoms with Crippen LogP contribution in [0.2, 0.25) is 0 Å². The quantitative estimate of drug-likeness (QED) is 0.877. The van der Waals surface area contributed by atoms with Gasteiger partial charge >= 0.3 is 0 Å². The molecule has 18 heavy (non-hydrogen) atoms. The van der Waals surface area contributed by atoms with E-state index < -0.39 is 0 Å². The number of amides is 1. The van der Waals surface area contributed by atoms with Crippen LogP contribution in [0.4, 0.5) is 0 Å². The first kappa shape index (κ1) is 15.0. The molecule has 1 atom stereocenters. The Kier molecular flexibility index (Phi) is 5.62. The van der Waals surface area contributed by atoms with Gasteiger partial charge in [-0.05, 0) is 32.9 Å². The Morgan fingerprint density at radius 1 is 1.44 bits per heavy atom. The predicted octanol–water partition coefficient (Wildman–Crippen LogP) is 2.37. The lowest BCUT2D eigenvalue weighted by Gasteiger charge is -2.15. The molecule has 0 aliphatic heterocycles. The van der Waals surface area contributed by atoms with E-state index in [1.807, 2.05) is 39.0 Å². The van der Waals surface area contributed by atoms with E-state index in [1.165, 1.54) is 0 Å². The average molecular weight is 315 g/mol. The van der Waals surface area contributed by atoms with Crippen LogP contribution in [-0.4, -0.2) is 18.6 Å². The van der Waals surface area contributed by atoms with E-state index in [-0.39, 0.29) is 24.6 Å². The molecule has 0 fully saturated rings. The molecular formula is C13H19BrN2O2. The molecule has 0 aromatic heterocycles. The largest absolute Gasteiger partial charge is 0.483 e. The second kappa shape index (κ2) is 6.75. The zero-order valence-electron chi connectivity index (χ0n) is 10.9. The fraction of sp³-hybridized carbons (Fsp3) is 0.462. The Morgan fingerprint density at radius 2 is 2.11 bits per heavy atom. The number of carbonyl (C=O) groups excluding carboxylic acids is 1. The van der Waals surface area contributed by atoms with Crippen LogP contribution in [0.25, 0.3) is 0 Å². The Morgan fingerprint density at radius 3 is 2.67 bits per heavy atom. The fourth-order valence-corrected chi connectivity index (χ4v) is 1.86. The minimum atomic E-state index is -0.138. The van der Waals surface area contributed by atoms with Gasteiger partial charge < -0.3 is 15.8 Å². The molecule has 1 unspecified atom stereocenters. The summed E-state index contributed by atoms with van der Waals surface area (Å²) in [6, 6.07) is 5.59. The summed E-state index contributed by atoms with van der Waals surface area (Å²) in [5.41, 5.74) is 6.74. The Hall–Kier alpha value is -1.07. The number of nitrogens with two attached hydrogens (primary N) is 1. The number of carbonyl (C=O) groups is 1. The molecule has 100 valence electrons. The van der Waals surface area contributed by atoms with Crippen LogP contribution < -0.4 is 15.8 Å².